The Balaban J connectivity index is 0.000000364. The molecule has 3 aromatic rings. The van der Waals surface area contributed by atoms with E-state index in [0.29, 0.717) is 18.3 Å². The summed E-state index contributed by atoms with van der Waals surface area (Å²) in [4.78, 5) is 18.2. The number of methoxy groups -OCH3 is 1. The number of carboxylic acid groups (broad SMARTS) is 1. The molecule has 0 bridgehead atoms. The van der Waals surface area contributed by atoms with Gasteiger partial charge in [0.15, 0.2) is 0 Å². The first-order valence-corrected chi connectivity index (χ1v) is 10.8. The van der Waals surface area contributed by atoms with E-state index in [2.05, 4.69) is 15.5 Å². The molecular formula is C23H23F3N4O5. The molecule has 9 nitrogen and oxygen atoms in total. The lowest BCUT2D eigenvalue weighted by Crippen LogP contribution is -2.25. The number of hydrogen-bond donors (Lipinski definition) is 2. The summed E-state index contributed by atoms with van der Waals surface area (Å²) in [6.45, 7) is 4.30. The fraction of sp³-hybridized carbons (Fsp3) is 0.391. The minimum atomic E-state index is -5.08. The predicted octanol–water partition coefficient (Wildman–Crippen LogP) is 3.45. The quantitative estimate of drug-likeness (QED) is 0.567. The first-order chi connectivity index (χ1) is 16.7. The number of halogens is 3. The number of ether oxygens (including phenoxy) is 2. The zero-order chi connectivity index (χ0) is 25.2. The van der Waals surface area contributed by atoms with Gasteiger partial charge >= 0.3 is 12.1 Å². The maximum absolute atomic E-state index is 10.6. The van der Waals surface area contributed by atoms with Gasteiger partial charge in [-0.25, -0.2) is 4.79 Å². The van der Waals surface area contributed by atoms with Crippen molar-refractivity contribution in [2.45, 2.75) is 38.4 Å². The van der Waals surface area contributed by atoms with E-state index in [0.717, 1.165) is 54.3 Å². The van der Waals surface area contributed by atoms with E-state index in [4.69, 9.17) is 28.9 Å². The van der Waals surface area contributed by atoms with Crippen molar-refractivity contribution in [1.82, 2.24) is 20.4 Å². The van der Waals surface area contributed by atoms with Gasteiger partial charge in [0.25, 0.3) is 0 Å². The molecule has 2 N–H and O–H groups in total. The molecular weight excluding hydrogens is 469 g/mol. The maximum atomic E-state index is 10.6. The summed E-state index contributed by atoms with van der Waals surface area (Å²) in [6, 6.07) is 5.86. The molecule has 2 aromatic heterocycles. The molecule has 4 heterocycles. The van der Waals surface area contributed by atoms with Crippen LogP contribution >= 0.6 is 0 Å². The van der Waals surface area contributed by atoms with Crippen LogP contribution in [-0.2, 0) is 24.2 Å². The van der Waals surface area contributed by atoms with Crippen LogP contribution in [0.3, 0.4) is 0 Å². The number of aromatic nitrogens is 3. The van der Waals surface area contributed by atoms with Crippen LogP contribution in [0.4, 0.5) is 13.2 Å². The van der Waals surface area contributed by atoms with Crippen molar-refractivity contribution in [2.75, 3.05) is 20.3 Å². The Morgan fingerprint density at radius 1 is 1.29 bits per heavy atom. The van der Waals surface area contributed by atoms with Crippen LogP contribution in [-0.4, -0.2) is 52.6 Å². The number of nitrogens with zero attached hydrogens (tertiary/aromatic N) is 3. The highest BCUT2D eigenvalue weighted by Gasteiger charge is 2.38. The van der Waals surface area contributed by atoms with E-state index in [1.54, 1.807) is 7.11 Å². The summed E-state index contributed by atoms with van der Waals surface area (Å²) in [7, 11) is 1.67. The van der Waals surface area contributed by atoms with E-state index in [9.17, 15) is 13.2 Å². The fourth-order valence-electron chi connectivity index (χ4n) is 4.03. The predicted molar refractivity (Wildman–Crippen MR) is 116 cm³/mol. The van der Waals surface area contributed by atoms with Gasteiger partial charge < -0.3 is 24.4 Å². The van der Waals surface area contributed by atoms with Crippen LogP contribution in [0.1, 0.15) is 34.2 Å². The Morgan fingerprint density at radius 3 is 2.77 bits per heavy atom. The summed E-state index contributed by atoms with van der Waals surface area (Å²) >= 11 is 0. The molecule has 35 heavy (non-hydrogen) atoms. The van der Waals surface area contributed by atoms with E-state index >= 15 is 0 Å². The molecule has 1 unspecified atom stereocenters. The lowest BCUT2D eigenvalue weighted by molar-refractivity contribution is -0.192. The van der Waals surface area contributed by atoms with Gasteiger partial charge in [-0.05, 0) is 61.2 Å². The molecule has 5 rings (SSSR count). The van der Waals surface area contributed by atoms with Crippen molar-refractivity contribution in [1.29, 1.82) is 0 Å². The van der Waals surface area contributed by atoms with Gasteiger partial charge in [0.05, 0.1) is 13.0 Å². The first-order valence-electron chi connectivity index (χ1n) is 10.8. The smallest absolute Gasteiger partial charge is 0.490 e. The van der Waals surface area contributed by atoms with Crippen molar-refractivity contribution >= 4 is 5.97 Å². The van der Waals surface area contributed by atoms with Crippen LogP contribution in [0.15, 0.2) is 28.9 Å². The number of rotatable bonds is 3. The summed E-state index contributed by atoms with van der Waals surface area (Å²) in [6.07, 6.45) is -1.42. The monoisotopic (exact) mass is 492 g/mol. The summed E-state index contributed by atoms with van der Waals surface area (Å²) in [5.74, 6) is 0.203. The molecule has 2 aliphatic heterocycles. The largest absolute Gasteiger partial charge is 0.497 e. The van der Waals surface area contributed by atoms with Gasteiger partial charge in [0, 0.05) is 24.0 Å². The number of carbonyl (C=O) groups is 1. The number of aliphatic carboxylic acids is 1. The van der Waals surface area contributed by atoms with Crippen molar-refractivity contribution in [3.05, 3.63) is 52.7 Å². The topological polar surface area (TPSA) is 120 Å². The molecule has 0 amide bonds. The fourth-order valence-corrected chi connectivity index (χ4v) is 4.03. The standard InChI is InChI=1S/C21H22N4O3.C2HF3O2/c1-12-19(17-5-6-22-9-15(17)10-23-12)20-24-21(28-25-20)14-7-13-8-16(26-2)3-4-18(13)27-11-14;3-2(4,5)1(6)7/h3-4,8,10,14,22H,5-7,9,11H2,1-2H3;(H,6,7). The van der Waals surface area contributed by atoms with Crippen LogP contribution in [0.2, 0.25) is 0 Å². The molecule has 12 heteroatoms. The zero-order valence-corrected chi connectivity index (χ0v) is 19.0. The number of nitrogens with one attached hydrogen (secondary N) is 1. The third-order valence-corrected chi connectivity index (χ3v) is 5.76. The normalized spacial score (nSPS) is 16.8. The van der Waals surface area contributed by atoms with Gasteiger partial charge in [-0.3, -0.25) is 4.98 Å². The Bertz CT molecular complexity index is 1230. The Hall–Kier alpha value is -3.67. The molecule has 0 aliphatic carbocycles. The number of aryl methyl sites for hydroxylation is 1. The van der Waals surface area contributed by atoms with Gasteiger partial charge in [-0.2, -0.15) is 18.2 Å². The second-order valence-electron chi connectivity index (χ2n) is 8.09. The van der Waals surface area contributed by atoms with E-state index < -0.39 is 12.1 Å². The van der Waals surface area contributed by atoms with Gasteiger partial charge in [0.1, 0.15) is 18.1 Å². The number of pyridine rings is 1. The molecule has 186 valence electrons. The average Bonchev–Trinajstić information content (AvgIpc) is 3.32. The summed E-state index contributed by atoms with van der Waals surface area (Å²) in [5.41, 5.74) is 5.51. The summed E-state index contributed by atoms with van der Waals surface area (Å²) in [5, 5.41) is 14.8. The van der Waals surface area contributed by atoms with Gasteiger partial charge in [-0.1, -0.05) is 5.16 Å². The van der Waals surface area contributed by atoms with Gasteiger partial charge in [0.2, 0.25) is 11.7 Å². The molecule has 0 saturated carbocycles. The highest BCUT2D eigenvalue weighted by Crippen LogP contribution is 2.35. The van der Waals surface area contributed by atoms with Crippen LogP contribution in [0.5, 0.6) is 11.5 Å². The molecule has 0 fully saturated rings. The van der Waals surface area contributed by atoms with Crippen LogP contribution in [0, 0.1) is 6.92 Å². The molecule has 0 radical (unpaired) electrons. The number of alkyl halides is 3. The second kappa shape index (κ2) is 9.90. The third kappa shape index (κ3) is 5.37. The molecule has 1 atom stereocenters. The van der Waals surface area contributed by atoms with Crippen molar-refractivity contribution in [3.8, 4) is 22.9 Å². The number of benzene rings is 1. The highest BCUT2D eigenvalue weighted by molar-refractivity contribution is 5.73. The highest BCUT2D eigenvalue weighted by atomic mass is 19.4. The Kier molecular flexibility index (Phi) is 6.92. The van der Waals surface area contributed by atoms with E-state index in [1.165, 1.54) is 11.1 Å². The molecule has 0 saturated heterocycles. The summed E-state index contributed by atoms with van der Waals surface area (Å²) < 4.78 is 48.6. The van der Waals surface area contributed by atoms with E-state index in [1.807, 2.05) is 31.3 Å². The van der Waals surface area contributed by atoms with Crippen molar-refractivity contribution in [2.24, 2.45) is 0 Å². The number of hydrogen-bond acceptors (Lipinski definition) is 8. The first kappa shape index (κ1) is 24.5. The number of carboxylic acids is 1. The lowest BCUT2D eigenvalue weighted by Gasteiger charge is -2.23. The second-order valence-corrected chi connectivity index (χ2v) is 8.09. The minimum absolute atomic E-state index is 0.0235. The lowest BCUT2D eigenvalue weighted by atomic mass is 9.95. The minimum Gasteiger partial charge on any atom is -0.497 e. The van der Waals surface area contributed by atoms with Gasteiger partial charge in [-0.15, -0.1) is 0 Å². The van der Waals surface area contributed by atoms with E-state index in [-0.39, 0.29) is 5.92 Å². The maximum Gasteiger partial charge on any atom is 0.490 e. The average molecular weight is 492 g/mol. The third-order valence-electron chi connectivity index (χ3n) is 5.76. The van der Waals surface area contributed by atoms with Crippen molar-refractivity contribution < 1.29 is 37.1 Å². The van der Waals surface area contributed by atoms with Crippen molar-refractivity contribution in [3.63, 3.8) is 0 Å². The SMILES string of the molecule is COc1ccc2c(c1)CC(c1nc(-c3c(C)ncc4c3CCNC4)no1)CO2.O=C(O)C(F)(F)F. The van der Waals surface area contributed by atoms with Crippen LogP contribution in [0.25, 0.3) is 11.4 Å². The number of fused-ring (bicyclic) bond motifs is 2. The Morgan fingerprint density at radius 2 is 2.06 bits per heavy atom. The zero-order valence-electron chi connectivity index (χ0n) is 19.0. The molecule has 2 aliphatic rings. The Labute approximate surface area is 198 Å². The van der Waals surface area contributed by atoms with Crippen LogP contribution < -0.4 is 14.8 Å². The molecule has 0 spiro atoms. The molecule has 1 aromatic carbocycles.